The number of piperazine rings is 1. The second kappa shape index (κ2) is 8.37. The van der Waals surface area contributed by atoms with Gasteiger partial charge in [-0.2, -0.15) is 0 Å². The lowest BCUT2D eigenvalue weighted by Gasteiger charge is -2.36. The van der Waals surface area contributed by atoms with Gasteiger partial charge in [-0.3, -0.25) is 9.69 Å². The second-order valence-corrected chi connectivity index (χ2v) is 7.03. The van der Waals surface area contributed by atoms with Gasteiger partial charge in [-0.15, -0.1) is 0 Å². The Kier molecular flexibility index (Phi) is 5.94. The summed E-state index contributed by atoms with van der Waals surface area (Å²) in [5, 5.41) is 0. The maximum Gasteiger partial charge on any atom is 0.241 e. The molecule has 2 aromatic rings. The van der Waals surface area contributed by atoms with Crippen LogP contribution in [0.1, 0.15) is 18.1 Å². The number of para-hydroxylation sites is 1. The maximum atomic E-state index is 12.9. The first-order valence-electron chi connectivity index (χ1n) is 9.48. The van der Waals surface area contributed by atoms with E-state index < -0.39 is 0 Å². The Balaban J connectivity index is 1.58. The molecular formula is C22H29N3O. The first-order chi connectivity index (χ1) is 12.6. The van der Waals surface area contributed by atoms with Gasteiger partial charge in [-0.05, 0) is 50.1 Å². The predicted octanol–water partition coefficient (Wildman–Crippen LogP) is 3.48. The van der Waals surface area contributed by atoms with E-state index >= 15 is 0 Å². The molecule has 1 fully saturated rings. The Hall–Kier alpha value is -2.33. The SMILES string of the molecule is CCN(C(=O)CN1CCN(c2cccc(C)c2)CC1)c1ccccc1C. The van der Waals surface area contributed by atoms with Crippen LogP contribution in [0.2, 0.25) is 0 Å². The number of carbonyl (C=O) groups excluding carboxylic acids is 1. The summed E-state index contributed by atoms with van der Waals surface area (Å²) >= 11 is 0. The topological polar surface area (TPSA) is 26.8 Å². The van der Waals surface area contributed by atoms with Crippen LogP contribution < -0.4 is 9.80 Å². The number of benzene rings is 2. The van der Waals surface area contributed by atoms with Crippen molar-refractivity contribution in [1.82, 2.24) is 4.90 Å². The molecule has 1 saturated heterocycles. The number of nitrogens with zero attached hydrogens (tertiary/aromatic N) is 3. The number of anilines is 2. The van der Waals surface area contributed by atoms with Crippen molar-refractivity contribution in [2.24, 2.45) is 0 Å². The van der Waals surface area contributed by atoms with Crippen LogP contribution in [0, 0.1) is 13.8 Å². The lowest BCUT2D eigenvalue weighted by atomic mass is 10.1. The zero-order valence-electron chi connectivity index (χ0n) is 16.1. The summed E-state index contributed by atoms with van der Waals surface area (Å²) in [5.41, 5.74) is 4.74. The monoisotopic (exact) mass is 351 g/mol. The minimum absolute atomic E-state index is 0.186. The maximum absolute atomic E-state index is 12.9. The number of likely N-dealkylation sites (N-methyl/N-ethyl adjacent to an activating group) is 1. The van der Waals surface area contributed by atoms with Crippen molar-refractivity contribution in [3.05, 3.63) is 59.7 Å². The molecule has 0 aromatic heterocycles. The Morgan fingerprint density at radius 2 is 1.73 bits per heavy atom. The van der Waals surface area contributed by atoms with Gasteiger partial charge in [0.05, 0.1) is 6.54 Å². The van der Waals surface area contributed by atoms with Crippen molar-refractivity contribution in [2.45, 2.75) is 20.8 Å². The van der Waals surface area contributed by atoms with Gasteiger partial charge in [0.1, 0.15) is 0 Å². The van der Waals surface area contributed by atoms with Gasteiger partial charge in [0.2, 0.25) is 5.91 Å². The number of rotatable bonds is 5. The molecule has 0 saturated carbocycles. The smallest absolute Gasteiger partial charge is 0.241 e. The number of amides is 1. The molecule has 2 aromatic carbocycles. The van der Waals surface area contributed by atoms with E-state index in [9.17, 15) is 4.79 Å². The lowest BCUT2D eigenvalue weighted by molar-refractivity contribution is -0.119. The van der Waals surface area contributed by atoms with Crippen molar-refractivity contribution in [2.75, 3.05) is 49.1 Å². The third kappa shape index (κ3) is 4.25. The Morgan fingerprint density at radius 3 is 2.38 bits per heavy atom. The van der Waals surface area contributed by atoms with E-state index in [4.69, 9.17) is 0 Å². The molecule has 1 aliphatic heterocycles. The first kappa shape index (κ1) is 18.5. The quantitative estimate of drug-likeness (QED) is 0.825. The molecule has 0 bridgehead atoms. The molecule has 26 heavy (non-hydrogen) atoms. The van der Waals surface area contributed by atoms with E-state index in [0.29, 0.717) is 13.1 Å². The zero-order valence-corrected chi connectivity index (χ0v) is 16.1. The lowest BCUT2D eigenvalue weighted by Crippen LogP contribution is -2.50. The van der Waals surface area contributed by atoms with Crippen LogP contribution in [0.3, 0.4) is 0 Å². The van der Waals surface area contributed by atoms with Crippen molar-refractivity contribution in [3.63, 3.8) is 0 Å². The highest BCUT2D eigenvalue weighted by Crippen LogP contribution is 2.21. The van der Waals surface area contributed by atoms with Crippen molar-refractivity contribution in [1.29, 1.82) is 0 Å². The Morgan fingerprint density at radius 1 is 1.00 bits per heavy atom. The van der Waals surface area contributed by atoms with Crippen molar-refractivity contribution >= 4 is 17.3 Å². The standard InChI is InChI=1S/C22H29N3O/c1-4-25(21-11-6-5-9-19(21)3)22(26)17-23-12-14-24(15-13-23)20-10-7-8-18(2)16-20/h5-11,16H,4,12-15,17H2,1-3H3. The van der Waals surface area contributed by atoms with Gasteiger partial charge in [-0.1, -0.05) is 30.3 Å². The van der Waals surface area contributed by atoms with Gasteiger partial charge in [0, 0.05) is 44.1 Å². The van der Waals surface area contributed by atoms with E-state index in [0.717, 1.165) is 37.4 Å². The Labute approximate surface area is 157 Å². The van der Waals surface area contributed by atoms with Gasteiger partial charge in [-0.25, -0.2) is 0 Å². The van der Waals surface area contributed by atoms with Gasteiger partial charge >= 0.3 is 0 Å². The second-order valence-electron chi connectivity index (χ2n) is 7.03. The number of carbonyl (C=O) groups is 1. The number of aryl methyl sites for hydroxylation is 2. The van der Waals surface area contributed by atoms with E-state index in [1.807, 2.05) is 30.0 Å². The highest BCUT2D eigenvalue weighted by atomic mass is 16.2. The molecule has 0 radical (unpaired) electrons. The molecule has 0 N–H and O–H groups in total. The Bertz CT molecular complexity index is 751. The fourth-order valence-corrected chi connectivity index (χ4v) is 3.61. The average Bonchev–Trinajstić information content (AvgIpc) is 2.64. The first-order valence-corrected chi connectivity index (χ1v) is 9.48. The molecule has 4 nitrogen and oxygen atoms in total. The van der Waals surface area contributed by atoms with E-state index in [-0.39, 0.29) is 5.91 Å². The van der Waals surface area contributed by atoms with Crippen LogP contribution in [0.15, 0.2) is 48.5 Å². The minimum atomic E-state index is 0.186. The molecule has 0 unspecified atom stereocenters. The largest absolute Gasteiger partial charge is 0.369 e. The highest BCUT2D eigenvalue weighted by molar-refractivity contribution is 5.95. The summed E-state index contributed by atoms with van der Waals surface area (Å²) in [5.74, 6) is 0.186. The normalized spacial score (nSPS) is 15.1. The van der Waals surface area contributed by atoms with E-state index in [1.54, 1.807) is 0 Å². The summed E-state index contributed by atoms with van der Waals surface area (Å²) in [6, 6.07) is 16.8. The van der Waals surface area contributed by atoms with Crippen molar-refractivity contribution < 1.29 is 4.79 Å². The van der Waals surface area contributed by atoms with Gasteiger partial charge in [0.25, 0.3) is 0 Å². The van der Waals surface area contributed by atoms with E-state index in [1.165, 1.54) is 11.3 Å². The van der Waals surface area contributed by atoms with Gasteiger partial charge < -0.3 is 9.80 Å². The third-order valence-corrected chi connectivity index (χ3v) is 5.12. The molecule has 1 heterocycles. The molecule has 0 spiro atoms. The van der Waals surface area contributed by atoms with Crippen LogP contribution in [0.4, 0.5) is 11.4 Å². The fraction of sp³-hybridized carbons (Fsp3) is 0.409. The summed E-state index contributed by atoms with van der Waals surface area (Å²) in [6.45, 7) is 11.2. The summed E-state index contributed by atoms with van der Waals surface area (Å²) < 4.78 is 0. The minimum Gasteiger partial charge on any atom is -0.369 e. The van der Waals surface area contributed by atoms with Crippen molar-refractivity contribution in [3.8, 4) is 0 Å². The summed E-state index contributed by atoms with van der Waals surface area (Å²) in [4.78, 5) is 19.5. The zero-order chi connectivity index (χ0) is 18.5. The molecule has 1 aliphatic rings. The molecule has 0 atom stereocenters. The molecule has 3 rings (SSSR count). The van der Waals surface area contributed by atoms with Crippen LogP contribution in [0.25, 0.3) is 0 Å². The molecule has 138 valence electrons. The van der Waals surface area contributed by atoms with Crippen LogP contribution in [-0.4, -0.2) is 50.1 Å². The molecule has 1 amide bonds. The average molecular weight is 351 g/mol. The molecule has 4 heteroatoms. The number of hydrogen-bond acceptors (Lipinski definition) is 3. The third-order valence-electron chi connectivity index (χ3n) is 5.12. The predicted molar refractivity (Wildman–Crippen MR) is 109 cm³/mol. The summed E-state index contributed by atoms with van der Waals surface area (Å²) in [6.07, 6.45) is 0. The number of hydrogen-bond donors (Lipinski definition) is 0. The van der Waals surface area contributed by atoms with Crippen LogP contribution >= 0.6 is 0 Å². The van der Waals surface area contributed by atoms with Gasteiger partial charge in [0.15, 0.2) is 0 Å². The van der Waals surface area contributed by atoms with E-state index in [2.05, 4.69) is 54.0 Å². The molecular weight excluding hydrogens is 322 g/mol. The highest BCUT2D eigenvalue weighted by Gasteiger charge is 2.22. The van der Waals surface area contributed by atoms with Crippen LogP contribution in [0.5, 0.6) is 0 Å². The summed E-state index contributed by atoms with van der Waals surface area (Å²) in [7, 11) is 0. The fourth-order valence-electron chi connectivity index (χ4n) is 3.61. The van der Waals surface area contributed by atoms with Crippen LogP contribution in [-0.2, 0) is 4.79 Å². The molecule has 0 aliphatic carbocycles.